The first-order chi connectivity index (χ1) is 21.6. The molecular formula is C35H39N5O5. The van der Waals surface area contributed by atoms with Gasteiger partial charge in [0.2, 0.25) is 5.91 Å². The third-order valence-electron chi connectivity index (χ3n) is 7.20. The molecule has 45 heavy (non-hydrogen) atoms. The number of carbonyl (C=O) groups excluding carboxylic acids is 2. The van der Waals surface area contributed by atoms with E-state index < -0.39 is 11.7 Å². The van der Waals surface area contributed by atoms with Crippen LogP contribution in [-0.4, -0.2) is 54.9 Å². The summed E-state index contributed by atoms with van der Waals surface area (Å²) in [6.45, 7) is 7.28. The monoisotopic (exact) mass is 609 g/mol. The van der Waals surface area contributed by atoms with E-state index in [4.69, 9.17) is 19.2 Å². The molecule has 0 spiro atoms. The molecular weight excluding hydrogens is 570 g/mol. The maximum absolute atomic E-state index is 13.7. The molecule has 5 rings (SSSR count). The zero-order valence-corrected chi connectivity index (χ0v) is 26.4. The number of ether oxygens (including phenoxy) is 3. The summed E-state index contributed by atoms with van der Waals surface area (Å²) in [6, 6.07) is 25.6. The molecule has 0 unspecified atom stereocenters. The van der Waals surface area contributed by atoms with E-state index >= 15 is 0 Å². The fourth-order valence-corrected chi connectivity index (χ4v) is 5.14. The topological polar surface area (TPSA) is 97.3 Å². The summed E-state index contributed by atoms with van der Waals surface area (Å²) in [5.41, 5.74) is 3.30. The fraction of sp³-hybridized carbons (Fsp3) is 0.314. The lowest BCUT2D eigenvalue weighted by Gasteiger charge is -2.27. The van der Waals surface area contributed by atoms with Crippen molar-refractivity contribution in [1.82, 2.24) is 9.97 Å². The van der Waals surface area contributed by atoms with Crippen molar-refractivity contribution in [2.45, 2.75) is 45.9 Å². The fourth-order valence-electron chi connectivity index (χ4n) is 5.14. The second kappa shape index (κ2) is 13.8. The van der Waals surface area contributed by atoms with Crippen LogP contribution in [0.1, 0.15) is 37.5 Å². The molecule has 10 heteroatoms. The maximum Gasteiger partial charge on any atom is 0.414 e. The first-order valence-corrected chi connectivity index (χ1v) is 14.9. The van der Waals surface area contributed by atoms with Crippen LogP contribution in [0.15, 0.2) is 85.2 Å². The Labute approximate surface area is 264 Å². The minimum atomic E-state index is -0.692. The number of carbonyl (C=O) groups is 2. The van der Waals surface area contributed by atoms with Crippen molar-refractivity contribution in [3.05, 3.63) is 102 Å². The lowest BCUT2D eigenvalue weighted by atomic mass is 10.1. The SMILES string of the molecule is COCCOc1ccc(N2C(=O)Cc3c(N(Cc4ccccc4)Cc4ccccc4)ncnc32)cc1N(C)C(=O)OC(C)(C)C. The van der Waals surface area contributed by atoms with Gasteiger partial charge in [-0.15, -0.1) is 0 Å². The van der Waals surface area contributed by atoms with Crippen LogP contribution < -0.4 is 19.4 Å². The van der Waals surface area contributed by atoms with Crippen molar-refractivity contribution in [3.8, 4) is 5.75 Å². The van der Waals surface area contributed by atoms with Gasteiger partial charge in [0, 0.05) is 32.8 Å². The van der Waals surface area contributed by atoms with E-state index in [1.165, 1.54) is 11.2 Å². The summed E-state index contributed by atoms with van der Waals surface area (Å²) in [6.07, 6.45) is 1.08. The first-order valence-electron chi connectivity index (χ1n) is 14.9. The number of anilines is 4. The van der Waals surface area contributed by atoms with Gasteiger partial charge in [-0.3, -0.25) is 14.6 Å². The van der Waals surface area contributed by atoms with E-state index in [-0.39, 0.29) is 18.9 Å². The molecule has 1 aliphatic rings. The van der Waals surface area contributed by atoms with Crippen molar-refractivity contribution in [1.29, 1.82) is 0 Å². The van der Waals surface area contributed by atoms with Crippen LogP contribution in [0.25, 0.3) is 0 Å². The van der Waals surface area contributed by atoms with Crippen molar-refractivity contribution in [3.63, 3.8) is 0 Å². The Morgan fingerprint density at radius 2 is 1.56 bits per heavy atom. The van der Waals surface area contributed by atoms with E-state index in [9.17, 15) is 9.59 Å². The van der Waals surface area contributed by atoms with Crippen molar-refractivity contribution < 1.29 is 23.8 Å². The Balaban J connectivity index is 1.53. The minimum Gasteiger partial charge on any atom is -0.489 e. The van der Waals surface area contributed by atoms with Gasteiger partial charge in [-0.1, -0.05) is 60.7 Å². The lowest BCUT2D eigenvalue weighted by Crippen LogP contribution is -2.34. The predicted octanol–water partition coefficient (Wildman–Crippen LogP) is 6.30. The Kier molecular flexibility index (Phi) is 9.63. The zero-order chi connectivity index (χ0) is 32.0. The molecule has 1 aromatic heterocycles. The molecule has 2 amide bonds. The normalized spacial score (nSPS) is 12.6. The molecule has 2 heterocycles. The standard InChI is InChI=1S/C35H39N5O5/c1-35(2,3)45-34(42)38(4)29-20-27(16-17-30(29)44-19-18-43-5)40-31(41)21-28-32(36-24-37-33(28)40)39(22-25-12-8-6-9-13-25)23-26-14-10-7-11-15-26/h6-17,20,24H,18-19,21-23H2,1-5H3. The van der Waals surface area contributed by atoms with Crippen LogP contribution in [-0.2, 0) is 33.8 Å². The number of nitrogens with zero attached hydrogens (tertiary/aromatic N) is 5. The molecule has 4 aromatic rings. The third kappa shape index (κ3) is 7.58. The van der Waals surface area contributed by atoms with Gasteiger partial charge < -0.3 is 19.1 Å². The summed E-state index contributed by atoms with van der Waals surface area (Å²) in [4.78, 5) is 41.2. The molecule has 3 aromatic carbocycles. The van der Waals surface area contributed by atoms with E-state index in [1.807, 2.05) is 36.4 Å². The minimum absolute atomic E-state index is 0.134. The Morgan fingerprint density at radius 3 is 2.16 bits per heavy atom. The number of aromatic nitrogens is 2. The second-order valence-corrected chi connectivity index (χ2v) is 11.8. The van der Waals surface area contributed by atoms with Crippen molar-refractivity contribution in [2.75, 3.05) is 42.1 Å². The zero-order valence-electron chi connectivity index (χ0n) is 26.4. The lowest BCUT2D eigenvalue weighted by molar-refractivity contribution is -0.116. The number of hydrogen-bond acceptors (Lipinski definition) is 8. The van der Waals surface area contributed by atoms with Crippen molar-refractivity contribution in [2.24, 2.45) is 0 Å². The van der Waals surface area contributed by atoms with Crippen LogP contribution in [0, 0.1) is 0 Å². The highest BCUT2D eigenvalue weighted by Gasteiger charge is 2.35. The van der Waals surface area contributed by atoms with E-state index in [2.05, 4.69) is 34.1 Å². The molecule has 1 aliphatic heterocycles. The molecule has 0 fully saturated rings. The summed E-state index contributed by atoms with van der Waals surface area (Å²) >= 11 is 0. The molecule has 10 nitrogen and oxygen atoms in total. The maximum atomic E-state index is 13.7. The molecule has 0 saturated heterocycles. The number of rotatable bonds is 11. The van der Waals surface area contributed by atoms with Gasteiger partial charge in [-0.05, 0) is 50.1 Å². The van der Waals surface area contributed by atoms with Crippen LogP contribution in [0.2, 0.25) is 0 Å². The average molecular weight is 610 g/mol. The van der Waals surface area contributed by atoms with Gasteiger partial charge in [0.15, 0.2) is 0 Å². The van der Waals surface area contributed by atoms with Gasteiger partial charge in [-0.2, -0.15) is 0 Å². The van der Waals surface area contributed by atoms with Gasteiger partial charge >= 0.3 is 6.09 Å². The molecule has 0 radical (unpaired) electrons. The molecule has 234 valence electrons. The van der Waals surface area contributed by atoms with Gasteiger partial charge in [0.1, 0.15) is 35.9 Å². The summed E-state index contributed by atoms with van der Waals surface area (Å²) in [5.74, 6) is 1.52. The number of fused-ring (bicyclic) bond motifs is 1. The second-order valence-electron chi connectivity index (χ2n) is 11.8. The Bertz CT molecular complexity index is 1580. The number of amides is 2. The Morgan fingerprint density at radius 1 is 0.911 bits per heavy atom. The van der Waals surface area contributed by atoms with Crippen LogP contribution in [0.3, 0.4) is 0 Å². The van der Waals surface area contributed by atoms with Crippen molar-refractivity contribution >= 4 is 35.0 Å². The first kappa shape index (κ1) is 31.5. The largest absolute Gasteiger partial charge is 0.489 e. The van der Waals surface area contributed by atoms with Crippen LogP contribution in [0.5, 0.6) is 5.75 Å². The van der Waals surface area contributed by atoms with Crippen LogP contribution in [0.4, 0.5) is 27.8 Å². The van der Waals surface area contributed by atoms with Gasteiger partial charge in [0.05, 0.1) is 24.4 Å². The highest BCUT2D eigenvalue weighted by atomic mass is 16.6. The molecule has 0 N–H and O–H groups in total. The molecule has 0 atom stereocenters. The van der Waals surface area contributed by atoms with E-state index in [0.29, 0.717) is 48.5 Å². The highest BCUT2D eigenvalue weighted by molar-refractivity contribution is 6.08. The Hall–Kier alpha value is -4.96. The quantitative estimate of drug-likeness (QED) is 0.183. The highest BCUT2D eigenvalue weighted by Crippen LogP contribution is 2.41. The number of hydrogen-bond donors (Lipinski definition) is 0. The molecule has 0 bridgehead atoms. The van der Waals surface area contributed by atoms with Gasteiger partial charge in [-0.25, -0.2) is 14.8 Å². The molecule has 0 saturated carbocycles. The predicted molar refractivity (Wildman–Crippen MR) is 174 cm³/mol. The van der Waals surface area contributed by atoms with Crippen LogP contribution >= 0.6 is 0 Å². The summed E-state index contributed by atoms with van der Waals surface area (Å²) < 4.78 is 16.7. The van der Waals surface area contributed by atoms with E-state index in [0.717, 1.165) is 16.7 Å². The third-order valence-corrected chi connectivity index (χ3v) is 7.20. The van der Waals surface area contributed by atoms with Gasteiger partial charge in [0.25, 0.3) is 0 Å². The van der Waals surface area contributed by atoms with E-state index in [1.54, 1.807) is 58.0 Å². The molecule has 0 aliphatic carbocycles. The smallest absolute Gasteiger partial charge is 0.414 e. The number of benzene rings is 3. The summed E-state index contributed by atoms with van der Waals surface area (Å²) in [7, 11) is 3.20. The number of methoxy groups -OCH3 is 1. The average Bonchev–Trinajstić information content (AvgIpc) is 3.36. The summed E-state index contributed by atoms with van der Waals surface area (Å²) in [5, 5.41) is 0.